The average molecular weight is 274 g/mol. The molecule has 0 aliphatic carbocycles. The number of carboxylic acid groups (broad SMARTS) is 1. The van der Waals surface area contributed by atoms with Crippen molar-refractivity contribution in [1.82, 2.24) is 4.98 Å². The van der Waals surface area contributed by atoms with Crippen LogP contribution in [0.1, 0.15) is 26.5 Å². The third-order valence-electron chi connectivity index (χ3n) is 1.79. The summed E-state index contributed by atoms with van der Waals surface area (Å²) in [5.41, 5.74) is 0.143. The molecule has 19 heavy (non-hydrogen) atoms. The Balaban J connectivity index is 0.00000324. The number of nitrogens with one attached hydrogen (secondary N) is 1. The molecule has 0 saturated heterocycles. The first kappa shape index (κ1) is 17.9. The first-order chi connectivity index (χ1) is 8.26. The molecule has 0 aliphatic rings. The summed E-state index contributed by atoms with van der Waals surface area (Å²) in [5, 5.41) is 12.9. The molecule has 1 amide bonds. The molecule has 0 unspecified atom stereocenters. The summed E-state index contributed by atoms with van der Waals surface area (Å²) >= 11 is 0. The first-order valence-corrected chi connectivity index (χ1v) is 5.41. The summed E-state index contributed by atoms with van der Waals surface area (Å²) in [5.74, 6) is -1.23. The smallest absolute Gasteiger partial charge is 0.550 e. The van der Waals surface area contributed by atoms with Crippen LogP contribution in [0, 0.1) is 0 Å². The van der Waals surface area contributed by atoms with Crippen molar-refractivity contribution in [2.24, 2.45) is 0 Å². The summed E-state index contributed by atoms with van der Waals surface area (Å²) in [6.07, 6.45) is 0.502. The van der Waals surface area contributed by atoms with Crippen molar-refractivity contribution in [2.75, 3.05) is 5.32 Å². The third-order valence-corrected chi connectivity index (χ3v) is 1.79. The van der Waals surface area contributed by atoms with Crippen LogP contribution in [0.15, 0.2) is 18.3 Å². The molecular formula is C12H15N2NaO4. The second-order valence-electron chi connectivity index (χ2n) is 4.71. The zero-order chi connectivity index (χ0) is 13.8. The topological polar surface area (TPSA) is 91.3 Å². The van der Waals surface area contributed by atoms with E-state index >= 15 is 0 Å². The van der Waals surface area contributed by atoms with Gasteiger partial charge in [-0.15, -0.1) is 0 Å². The van der Waals surface area contributed by atoms with Crippen LogP contribution in [-0.4, -0.2) is 22.6 Å². The van der Waals surface area contributed by atoms with E-state index < -0.39 is 17.7 Å². The van der Waals surface area contributed by atoms with Gasteiger partial charge >= 0.3 is 35.7 Å². The van der Waals surface area contributed by atoms with Gasteiger partial charge in [0.25, 0.3) is 0 Å². The van der Waals surface area contributed by atoms with Crippen molar-refractivity contribution >= 4 is 17.7 Å². The fourth-order valence-electron chi connectivity index (χ4n) is 1.22. The zero-order valence-electron chi connectivity index (χ0n) is 11.5. The van der Waals surface area contributed by atoms with E-state index in [4.69, 9.17) is 4.74 Å². The van der Waals surface area contributed by atoms with E-state index in [-0.39, 0.29) is 36.0 Å². The molecule has 0 spiro atoms. The summed E-state index contributed by atoms with van der Waals surface area (Å²) in [6.45, 7) is 5.25. The predicted molar refractivity (Wildman–Crippen MR) is 62.8 cm³/mol. The van der Waals surface area contributed by atoms with Gasteiger partial charge in [0.2, 0.25) is 0 Å². The van der Waals surface area contributed by atoms with Crippen LogP contribution in [-0.2, 0) is 16.0 Å². The third kappa shape index (κ3) is 7.81. The van der Waals surface area contributed by atoms with Crippen LogP contribution < -0.4 is 40.0 Å². The monoisotopic (exact) mass is 274 g/mol. The Morgan fingerprint density at radius 2 is 2.05 bits per heavy atom. The second kappa shape index (κ2) is 7.47. The maximum Gasteiger partial charge on any atom is 1.00 e. The molecule has 98 valence electrons. The van der Waals surface area contributed by atoms with Crippen molar-refractivity contribution in [3.05, 3.63) is 24.0 Å². The number of rotatable bonds is 3. The number of amides is 1. The number of carbonyl (C=O) groups excluding carboxylic acids is 2. The number of hydrogen-bond acceptors (Lipinski definition) is 5. The van der Waals surface area contributed by atoms with Crippen molar-refractivity contribution < 1.29 is 49.0 Å². The molecule has 0 saturated carbocycles. The quantitative estimate of drug-likeness (QED) is 0.627. The summed E-state index contributed by atoms with van der Waals surface area (Å²) in [4.78, 5) is 25.8. The Bertz CT molecular complexity index is 457. The Kier molecular flexibility index (Phi) is 7.04. The maximum absolute atomic E-state index is 11.5. The van der Waals surface area contributed by atoms with E-state index in [1.54, 1.807) is 26.8 Å². The number of hydrogen-bond donors (Lipinski definition) is 1. The van der Waals surface area contributed by atoms with Gasteiger partial charge in [0.15, 0.2) is 0 Å². The van der Waals surface area contributed by atoms with Gasteiger partial charge in [-0.3, -0.25) is 10.3 Å². The molecule has 1 aromatic rings. The largest absolute Gasteiger partial charge is 1.00 e. The number of nitrogens with zero attached hydrogens (tertiary/aromatic N) is 1. The molecule has 6 nitrogen and oxygen atoms in total. The SMILES string of the molecule is CC(C)(C)OC(=O)Nc1ccnc(CC(=O)[O-])c1.[Na+]. The van der Waals surface area contributed by atoms with Crippen molar-refractivity contribution in [3.8, 4) is 0 Å². The van der Waals surface area contributed by atoms with Gasteiger partial charge < -0.3 is 14.6 Å². The predicted octanol–water partition coefficient (Wildman–Crippen LogP) is -2.27. The van der Waals surface area contributed by atoms with Crippen LogP contribution in [0.2, 0.25) is 0 Å². The van der Waals surface area contributed by atoms with Crippen molar-refractivity contribution in [3.63, 3.8) is 0 Å². The number of carbonyl (C=O) groups is 2. The summed E-state index contributed by atoms with van der Waals surface area (Å²) in [7, 11) is 0. The first-order valence-electron chi connectivity index (χ1n) is 5.41. The fourth-order valence-corrected chi connectivity index (χ4v) is 1.22. The molecule has 1 aromatic heterocycles. The number of ether oxygens (including phenoxy) is 1. The summed E-state index contributed by atoms with van der Waals surface area (Å²) in [6, 6.07) is 3.00. The second-order valence-corrected chi connectivity index (χ2v) is 4.71. The van der Waals surface area contributed by atoms with E-state index in [9.17, 15) is 14.7 Å². The van der Waals surface area contributed by atoms with Crippen molar-refractivity contribution in [2.45, 2.75) is 32.8 Å². The minimum absolute atomic E-state index is 0. The number of anilines is 1. The van der Waals surface area contributed by atoms with E-state index in [1.165, 1.54) is 12.3 Å². The number of aromatic nitrogens is 1. The van der Waals surface area contributed by atoms with Crippen LogP contribution in [0.4, 0.5) is 10.5 Å². The van der Waals surface area contributed by atoms with Gasteiger partial charge in [0.05, 0.1) is 0 Å². The van der Waals surface area contributed by atoms with Crippen LogP contribution in [0.5, 0.6) is 0 Å². The number of aliphatic carboxylic acids is 1. The normalized spacial score (nSPS) is 10.3. The molecular weight excluding hydrogens is 259 g/mol. The van der Waals surface area contributed by atoms with Crippen LogP contribution in [0.25, 0.3) is 0 Å². The molecule has 1 heterocycles. The zero-order valence-corrected chi connectivity index (χ0v) is 13.5. The number of carboxylic acids is 1. The van der Waals surface area contributed by atoms with Gasteiger partial charge in [-0.25, -0.2) is 4.79 Å². The van der Waals surface area contributed by atoms with E-state index in [2.05, 4.69) is 10.3 Å². The minimum atomic E-state index is -1.23. The molecule has 0 aromatic carbocycles. The Morgan fingerprint density at radius 3 is 2.58 bits per heavy atom. The molecule has 0 fully saturated rings. The van der Waals surface area contributed by atoms with E-state index in [0.717, 1.165) is 0 Å². The van der Waals surface area contributed by atoms with Gasteiger partial charge in [-0.1, -0.05) is 0 Å². The Morgan fingerprint density at radius 1 is 1.42 bits per heavy atom. The molecule has 1 rings (SSSR count). The van der Waals surface area contributed by atoms with Gasteiger partial charge in [-0.2, -0.15) is 0 Å². The van der Waals surface area contributed by atoms with Crippen molar-refractivity contribution in [1.29, 1.82) is 0 Å². The molecule has 7 heteroatoms. The average Bonchev–Trinajstić information content (AvgIpc) is 2.13. The van der Waals surface area contributed by atoms with Gasteiger partial charge in [0, 0.05) is 30.0 Å². The molecule has 0 bridgehead atoms. The fraction of sp³-hybridized carbons (Fsp3) is 0.417. The van der Waals surface area contributed by atoms with E-state index in [0.29, 0.717) is 11.4 Å². The Labute approximate surface area is 133 Å². The molecule has 0 atom stereocenters. The van der Waals surface area contributed by atoms with Crippen LogP contribution >= 0.6 is 0 Å². The standard InChI is InChI=1S/C12H16N2O4.Na/c1-12(2,3)18-11(17)14-8-4-5-13-9(6-8)7-10(15)16;/h4-6H,7H2,1-3H3,(H,15,16)(H,13,14,17);/q;+1/p-1. The van der Waals surface area contributed by atoms with Gasteiger partial charge in [0.1, 0.15) is 5.60 Å². The molecule has 0 radical (unpaired) electrons. The number of pyridine rings is 1. The van der Waals surface area contributed by atoms with E-state index in [1.807, 2.05) is 0 Å². The molecule has 0 aliphatic heterocycles. The van der Waals surface area contributed by atoms with Gasteiger partial charge in [-0.05, 0) is 32.9 Å². The summed E-state index contributed by atoms with van der Waals surface area (Å²) < 4.78 is 5.06. The minimum Gasteiger partial charge on any atom is -0.550 e. The van der Waals surface area contributed by atoms with Crippen LogP contribution in [0.3, 0.4) is 0 Å². The maximum atomic E-state index is 11.5. The Hall–Kier alpha value is -1.11. The molecule has 1 N–H and O–H groups in total.